The molecule has 0 aromatic heterocycles. The first-order chi connectivity index (χ1) is 13.7. The SMILES string of the molecule is CC(NC(=O)c1cccc(NC(=O)OC(C)(C)C)c1)c1ccc2c(c1)OCCO2. The Morgan fingerprint density at radius 1 is 1.03 bits per heavy atom. The highest BCUT2D eigenvalue weighted by molar-refractivity contribution is 5.96. The van der Waals surface area contributed by atoms with Crippen LogP contribution in [0, 0.1) is 0 Å². The van der Waals surface area contributed by atoms with Crippen molar-refractivity contribution >= 4 is 17.7 Å². The molecular formula is C22H26N2O5. The Hall–Kier alpha value is -3.22. The molecule has 0 aliphatic carbocycles. The lowest BCUT2D eigenvalue weighted by Gasteiger charge is -2.21. The molecule has 0 bridgehead atoms. The van der Waals surface area contributed by atoms with E-state index in [0.29, 0.717) is 36.0 Å². The summed E-state index contributed by atoms with van der Waals surface area (Å²) in [5, 5.41) is 5.60. The molecule has 2 amide bonds. The van der Waals surface area contributed by atoms with Gasteiger partial charge >= 0.3 is 6.09 Å². The lowest BCUT2D eigenvalue weighted by atomic mass is 10.1. The summed E-state index contributed by atoms with van der Waals surface area (Å²) in [5.41, 5.74) is 1.23. The number of ether oxygens (including phenoxy) is 3. The van der Waals surface area contributed by atoms with Crippen LogP contribution in [0.15, 0.2) is 42.5 Å². The van der Waals surface area contributed by atoms with E-state index < -0.39 is 11.7 Å². The van der Waals surface area contributed by atoms with Crippen molar-refractivity contribution in [2.45, 2.75) is 39.3 Å². The predicted octanol–water partition coefficient (Wildman–Crippen LogP) is 4.30. The van der Waals surface area contributed by atoms with Gasteiger partial charge in [0.1, 0.15) is 18.8 Å². The molecule has 1 heterocycles. The first kappa shape index (κ1) is 20.5. The molecule has 1 unspecified atom stereocenters. The molecule has 1 aliphatic heterocycles. The highest BCUT2D eigenvalue weighted by Crippen LogP contribution is 2.32. The fraction of sp³-hybridized carbons (Fsp3) is 0.364. The molecule has 0 spiro atoms. The van der Waals surface area contributed by atoms with Gasteiger partial charge in [-0.15, -0.1) is 0 Å². The molecule has 0 saturated carbocycles. The van der Waals surface area contributed by atoms with E-state index in [-0.39, 0.29) is 11.9 Å². The van der Waals surface area contributed by atoms with E-state index in [1.54, 1.807) is 45.0 Å². The van der Waals surface area contributed by atoms with E-state index >= 15 is 0 Å². The Bertz CT molecular complexity index is 904. The quantitative estimate of drug-likeness (QED) is 0.802. The largest absolute Gasteiger partial charge is 0.486 e. The Labute approximate surface area is 170 Å². The van der Waals surface area contributed by atoms with Crippen molar-refractivity contribution in [3.8, 4) is 11.5 Å². The van der Waals surface area contributed by atoms with E-state index in [1.807, 2.05) is 25.1 Å². The number of carbonyl (C=O) groups is 2. The summed E-state index contributed by atoms with van der Waals surface area (Å²) in [6.07, 6.45) is -0.570. The minimum absolute atomic E-state index is 0.235. The summed E-state index contributed by atoms with van der Waals surface area (Å²) in [5.74, 6) is 1.14. The van der Waals surface area contributed by atoms with Gasteiger partial charge in [0.2, 0.25) is 0 Å². The number of benzene rings is 2. The molecule has 2 aromatic carbocycles. The van der Waals surface area contributed by atoms with Crippen molar-refractivity contribution in [2.24, 2.45) is 0 Å². The average molecular weight is 398 g/mol. The molecule has 0 saturated heterocycles. The van der Waals surface area contributed by atoms with Crippen molar-refractivity contribution in [1.82, 2.24) is 5.32 Å². The number of carbonyl (C=O) groups excluding carboxylic acids is 2. The normalized spacial score (nSPS) is 13.9. The third-order valence-corrected chi connectivity index (χ3v) is 4.18. The highest BCUT2D eigenvalue weighted by Gasteiger charge is 2.18. The Morgan fingerprint density at radius 2 is 1.76 bits per heavy atom. The van der Waals surface area contributed by atoms with Gasteiger partial charge in [-0.3, -0.25) is 10.1 Å². The molecule has 3 rings (SSSR count). The molecular weight excluding hydrogens is 372 g/mol. The van der Waals surface area contributed by atoms with Crippen molar-refractivity contribution in [3.05, 3.63) is 53.6 Å². The molecule has 2 N–H and O–H groups in total. The second kappa shape index (κ2) is 8.43. The lowest BCUT2D eigenvalue weighted by molar-refractivity contribution is 0.0635. The van der Waals surface area contributed by atoms with Crippen LogP contribution >= 0.6 is 0 Å². The number of amides is 2. The second-order valence-corrected chi connectivity index (χ2v) is 7.81. The van der Waals surface area contributed by atoms with Gasteiger partial charge in [-0.05, 0) is 63.6 Å². The van der Waals surface area contributed by atoms with Gasteiger partial charge in [0, 0.05) is 11.3 Å². The van der Waals surface area contributed by atoms with Crippen LogP contribution in [-0.4, -0.2) is 30.8 Å². The molecule has 1 atom stereocenters. The van der Waals surface area contributed by atoms with Crippen molar-refractivity contribution in [3.63, 3.8) is 0 Å². The van der Waals surface area contributed by atoms with Crippen LogP contribution in [-0.2, 0) is 4.74 Å². The van der Waals surface area contributed by atoms with Crippen LogP contribution in [0.1, 0.15) is 49.7 Å². The average Bonchev–Trinajstić information content (AvgIpc) is 2.66. The summed E-state index contributed by atoms with van der Waals surface area (Å²) in [6.45, 7) is 8.30. The first-order valence-electron chi connectivity index (χ1n) is 9.52. The fourth-order valence-electron chi connectivity index (χ4n) is 2.85. The molecule has 154 valence electrons. The lowest BCUT2D eigenvalue weighted by Crippen LogP contribution is -2.28. The monoisotopic (exact) mass is 398 g/mol. The zero-order valence-electron chi connectivity index (χ0n) is 17.1. The number of hydrogen-bond acceptors (Lipinski definition) is 5. The summed E-state index contributed by atoms with van der Waals surface area (Å²) in [7, 11) is 0. The summed E-state index contributed by atoms with van der Waals surface area (Å²) in [6, 6.07) is 12.1. The zero-order chi connectivity index (χ0) is 21.0. The van der Waals surface area contributed by atoms with E-state index in [2.05, 4.69) is 10.6 Å². The Balaban J connectivity index is 1.65. The zero-order valence-corrected chi connectivity index (χ0v) is 17.1. The Morgan fingerprint density at radius 3 is 2.48 bits per heavy atom. The number of hydrogen-bond donors (Lipinski definition) is 2. The van der Waals surface area contributed by atoms with Crippen LogP contribution in [0.3, 0.4) is 0 Å². The minimum atomic E-state index is -0.599. The fourth-order valence-corrected chi connectivity index (χ4v) is 2.85. The molecule has 7 heteroatoms. The summed E-state index contributed by atoms with van der Waals surface area (Å²) < 4.78 is 16.4. The minimum Gasteiger partial charge on any atom is -0.486 e. The number of anilines is 1. The maximum absolute atomic E-state index is 12.7. The number of fused-ring (bicyclic) bond motifs is 1. The maximum Gasteiger partial charge on any atom is 0.412 e. The van der Waals surface area contributed by atoms with Gasteiger partial charge < -0.3 is 19.5 Å². The third kappa shape index (κ3) is 5.63. The van der Waals surface area contributed by atoms with Gasteiger partial charge in [0.25, 0.3) is 5.91 Å². The topological polar surface area (TPSA) is 85.9 Å². The van der Waals surface area contributed by atoms with Crippen molar-refractivity contribution < 1.29 is 23.8 Å². The second-order valence-electron chi connectivity index (χ2n) is 7.81. The first-order valence-corrected chi connectivity index (χ1v) is 9.52. The molecule has 1 aliphatic rings. The van der Waals surface area contributed by atoms with Crippen LogP contribution < -0.4 is 20.1 Å². The number of nitrogens with one attached hydrogen (secondary N) is 2. The summed E-state index contributed by atoms with van der Waals surface area (Å²) in [4.78, 5) is 24.6. The van der Waals surface area contributed by atoms with Crippen molar-refractivity contribution in [2.75, 3.05) is 18.5 Å². The van der Waals surface area contributed by atoms with E-state index in [0.717, 1.165) is 5.56 Å². The van der Waals surface area contributed by atoms with Gasteiger partial charge in [0.05, 0.1) is 6.04 Å². The summed E-state index contributed by atoms with van der Waals surface area (Å²) >= 11 is 0. The van der Waals surface area contributed by atoms with Gasteiger partial charge in [0.15, 0.2) is 11.5 Å². The number of rotatable bonds is 4. The predicted molar refractivity (Wildman–Crippen MR) is 110 cm³/mol. The van der Waals surface area contributed by atoms with E-state index in [9.17, 15) is 9.59 Å². The van der Waals surface area contributed by atoms with Gasteiger partial charge in [-0.2, -0.15) is 0 Å². The smallest absolute Gasteiger partial charge is 0.412 e. The van der Waals surface area contributed by atoms with Crippen LogP contribution in [0.5, 0.6) is 11.5 Å². The molecule has 7 nitrogen and oxygen atoms in total. The standard InChI is InChI=1S/C22H26N2O5/c1-14(15-8-9-18-19(13-15)28-11-10-27-18)23-20(25)16-6-5-7-17(12-16)24-21(26)29-22(2,3)4/h5-9,12-14H,10-11H2,1-4H3,(H,23,25)(H,24,26). The van der Waals surface area contributed by atoms with Crippen molar-refractivity contribution in [1.29, 1.82) is 0 Å². The Kier molecular flexibility index (Phi) is 5.96. The van der Waals surface area contributed by atoms with Crippen LogP contribution in [0.4, 0.5) is 10.5 Å². The van der Waals surface area contributed by atoms with Crippen LogP contribution in [0.2, 0.25) is 0 Å². The molecule has 0 fully saturated rings. The molecule has 29 heavy (non-hydrogen) atoms. The maximum atomic E-state index is 12.7. The molecule has 0 radical (unpaired) electrons. The van der Waals surface area contributed by atoms with E-state index in [4.69, 9.17) is 14.2 Å². The van der Waals surface area contributed by atoms with Gasteiger partial charge in [-0.1, -0.05) is 12.1 Å². The van der Waals surface area contributed by atoms with Crippen LogP contribution in [0.25, 0.3) is 0 Å². The molecule has 2 aromatic rings. The van der Waals surface area contributed by atoms with Gasteiger partial charge in [-0.25, -0.2) is 4.79 Å². The third-order valence-electron chi connectivity index (χ3n) is 4.18. The van der Waals surface area contributed by atoms with E-state index in [1.165, 1.54) is 0 Å². The highest BCUT2D eigenvalue weighted by atomic mass is 16.6.